The molecule has 28 heavy (non-hydrogen) atoms. The Morgan fingerprint density at radius 3 is 3.00 bits per heavy atom. The molecule has 7 nitrogen and oxygen atoms in total. The van der Waals surface area contributed by atoms with Gasteiger partial charge in [-0.1, -0.05) is 22.9 Å². The lowest BCUT2D eigenvalue weighted by Crippen LogP contribution is -2.35. The number of aromatic nitrogens is 3. The summed E-state index contributed by atoms with van der Waals surface area (Å²) in [4.78, 5) is 23.3. The SMILES string of the molecule is Cl.O=C(C1=COCCO1)N(CCCn1ccnc1)c1nc2ccc(Cl)cc2s1. The molecule has 0 spiro atoms. The Morgan fingerprint density at radius 1 is 1.36 bits per heavy atom. The van der Waals surface area contributed by atoms with E-state index in [1.165, 1.54) is 17.6 Å². The van der Waals surface area contributed by atoms with Crippen molar-refractivity contribution < 1.29 is 14.3 Å². The van der Waals surface area contributed by atoms with Gasteiger partial charge in [-0.25, -0.2) is 9.97 Å². The maximum Gasteiger partial charge on any atom is 0.298 e. The Labute approximate surface area is 176 Å². The van der Waals surface area contributed by atoms with Gasteiger partial charge >= 0.3 is 0 Å². The van der Waals surface area contributed by atoms with Gasteiger partial charge in [0.05, 0.1) is 16.5 Å². The van der Waals surface area contributed by atoms with Crippen LogP contribution in [0, 0.1) is 0 Å². The molecule has 10 heteroatoms. The molecule has 1 amide bonds. The highest BCUT2D eigenvalue weighted by Gasteiger charge is 2.26. The Hall–Kier alpha value is -2.29. The minimum absolute atomic E-state index is 0. The number of benzene rings is 1. The lowest BCUT2D eigenvalue weighted by Gasteiger charge is -2.23. The summed E-state index contributed by atoms with van der Waals surface area (Å²) < 4.78 is 13.6. The van der Waals surface area contributed by atoms with Crippen molar-refractivity contribution in [3.63, 3.8) is 0 Å². The van der Waals surface area contributed by atoms with E-state index in [0.29, 0.717) is 29.9 Å². The van der Waals surface area contributed by atoms with Crippen LogP contribution in [0.3, 0.4) is 0 Å². The predicted molar refractivity (Wildman–Crippen MR) is 111 cm³/mol. The molecule has 148 valence electrons. The number of ether oxygens (including phenoxy) is 2. The number of aryl methyl sites for hydroxylation is 1. The van der Waals surface area contributed by atoms with Gasteiger partial charge in [-0.05, 0) is 24.6 Å². The smallest absolute Gasteiger partial charge is 0.298 e. The highest BCUT2D eigenvalue weighted by Crippen LogP contribution is 2.31. The highest BCUT2D eigenvalue weighted by molar-refractivity contribution is 7.22. The molecule has 4 rings (SSSR count). The van der Waals surface area contributed by atoms with E-state index in [1.54, 1.807) is 23.5 Å². The molecule has 1 aliphatic rings. The Balaban J connectivity index is 0.00000225. The molecule has 0 bridgehead atoms. The lowest BCUT2D eigenvalue weighted by atomic mass is 10.3. The van der Waals surface area contributed by atoms with Gasteiger partial charge in [-0.15, -0.1) is 12.4 Å². The zero-order valence-electron chi connectivity index (χ0n) is 14.8. The van der Waals surface area contributed by atoms with Crippen LogP contribution in [0.25, 0.3) is 10.2 Å². The fraction of sp³-hybridized carbons (Fsp3) is 0.278. The molecule has 2 aromatic heterocycles. The third kappa shape index (κ3) is 4.57. The van der Waals surface area contributed by atoms with Crippen molar-refractivity contribution in [2.75, 3.05) is 24.7 Å². The summed E-state index contributed by atoms with van der Waals surface area (Å²) in [6.45, 7) is 2.04. The molecule has 1 aliphatic heterocycles. The fourth-order valence-corrected chi connectivity index (χ4v) is 4.00. The van der Waals surface area contributed by atoms with Crippen molar-refractivity contribution >= 4 is 56.6 Å². The quantitative estimate of drug-likeness (QED) is 0.581. The van der Waals surface area contributed by atoms with Crippen LogP contribution in [0.5, 0.6) is 0 Å². The fourth-order valence-electron chi connectivity index (χ4n) is 2.73. The summed E-state index contributed by atoms with van der Waals surface area (Å²) >= 11 is 7.50. The monoisotopic (exact) mass is 440 g/mol. The van der Waals surface area contributed by atoms with Crippen molar-refractivity contribution in [3.8, 4) is 0 Å². The van der Waals surface area contributed by atoms with Crippen molar-refractivity contribution in [2.45, 2.75) is 13.0 Å². The zero-order valence-corrected chi connectivity index (χ0v) is 17.2. The molecule has 0 N–H and O–H groups in total. The van der Waals surface area contributed by atoms with E-state index in [1.807, 2.05) is 22.9 Å². The van der Waals surface area contributed by atoms with Gasteiger partial charge in [0.15, 0.2) is 5.13 Å². The van der Waals surface area contributed by atoms with E-state index in [2.05, 4.69) is 9.97 Å². The summed E-state index contributed by atoms with van der Waals surface area (Å²) in [7, 11) is 0. The molecule has 0 aliphatic carbocycles. The van der Waals surface area contributed by atoms with Gasteiger partial charge < -0.3 is 14.0 Å². The lowest BCUT2D eigenvalue weighted by molar-refractivity contribution is -0.119. The van der Waals surface area contributed by atoms with Crippen molar-refractivity contribution in [2.24, 2.45) is 0 Å². The third-order valence-corrected chi connectivity index (χ3v) is 5.31. The number of nitrogens with zero attached hydrogens (tertiary/aromatic N) is 4. The molecule has 0 fully saturated rings. The Morgan fingerprint density at radius 2 is 2.25 bits per heavy atom. The predicted octanol–water partition coefficient (Wildman–Crippen LogP) is 3.88. The molecule has 1 aromatic carbocycles. The van der Waals surface area contributed by atoms with Crippen LogP contribution in [0.4, 0.5) is 5.13 Å². The second kappa shape index (κ2) is 9.27. The van der Waals surface area contributed by atoms with Crippen LogP contribution in [-0.2, 0) is 20.8 Å². The number of imidazole rings is 1. The van der Waals surface area contributed by atoms with Crippen LogP contribution in [0.1, 0.15) is 6.42 Å². The Kier molecular flexibility index (Phi) is 6.77. The summed E-state index contributed by atoms with van der Waals surface area (Å²) in [5.41, 5.74) is 0.807. The van der Waals surface area contributed by atoms with Gasteiger partial charge in [0.2, 0.25) is 5.76 Å². The van der Waals surface area contributed by atoms with Gasteiger partial charge in [-0.2, -0.15) is 0 Å². The van der Waals surface area contributed by atoms with Crippen molar-refractivity contribution in [3.05, 3.63) is 54.0 Å². The van der Waals surface area contributed by atoms with Crippen LogP contribution < -0.4 is 4.90 Å². The van der Waals surface area contributed by atoms with Crippen LogP contribution in [0.2, 0.25) is 5.02 Å². The van der Waals surface area contributed by atoms with Crippen molar-refractivity contribution in [1.29, 1.82) is 0 Å². The van der Waals surface area contributed by atoms with Crippen molar-refractivity contribution in [1.82, 2.24) is 14.5 Å². The summed E-state index contributed by atoms with van der Waals surface area (Å²) in [5, 5.41) is 1.25. The molecule has 3 aromatic rings. The summed E-state index contributed by atoms with van der Waals surface area (Å²) in [5.74, 6) is -0.0633. The largest absolute Gasteiger partial charge is 0.494 e. The molecule has 0 radical (unpaired) electrons. The van der Waals surface area contributed by atoms with Crippen LogP contribution in [0.15, 0.2) is 48.9 Å². The average molecular weight is 441 g/mol. The minimum atomic E-state index is -0.259. The minimum Gasteiger partial charge on any atom is -0.494 e. The second-order valence-corrected chi connectivity index (χ2v) is 7.37. The number of hydrogen-bond acceptors (Lipinski definition) is 6. The van der Waals surface area contributed by atoms with Gasteiger partial charge in [-0.3, -0.25) is 9.69 Å². The molecular formula is C18H18Cl2N4O3S. The first kappa shape index (κ1) is 20.4. The first-order valence-electron chi connectivity index (χ1n) is 8.49. The molecular weight excluding hydrogens is 423 g/mol. The third-order valence-electron chi connectivity index (χ3n) is 4.03. The van der Waals surface area contributed by atoms with E-state index in [0.717, 1.165) is 23.2 Å². The maximum absolute atomic E-state index is 13.0. The standard InChI is InChI=1S/C18H17ClN4O3S.ClH/c19-13-2-3-14-16(10-13)27-18(21-14)23(6-1-5-22-7-4-20-12-22)17(24)15-11-25-8-9-26-15;/h2-4,7,10-12H,1,5-6,8-9H2;1H. The van der Waals surface area contributed by atoms with E-state index in [4.69, 9.17) is 21.1 Å². The van der Waals surface area contributed by atoms with E-state index in [-0.39, 0.29) is 24.1 Å². The zero-order chi connectivity index (χ0) is 18.6. The van der Waals surface area contributed by atoms with E-state index < -0.39 is 0 Å². The highest BCUT2D eigenvalue weighted by atomic mass is 35.5. The summed E-state index contributed by atoms with van der Waals surface area (Å²) in [6, 6.07) is 5.50. The Bertz CT molecular complexity index is 975. The number of amides is 1. The molecule has 0 atom stereocenters. The first-order valence-corrected chi connectivity index (χ1v) is 9.68. The molecule has 3 heterocycles. The van der Waals surface area contributed by atoms with E-state index >= 15 is 0 Å². The number of hydrogen-bond donors (Lipinski definition) is 0. The number of thiazole rings is 1. The van der Waals surface area contributed by atoms with Crippen LogP contribution >= 0.6 is 35.3 Å². The maximum atomic E-state index is 13.0. The topological polar surface area (TPSA) is 69.5 Å². The number of halogens is 2. The van der Waals surface area contributed by atoms with Crippen LogP contribution in [-0.4, -0.2) is 40.2 Å². The number of fused-ring (bicyclic) bond motifs is 1. The number of rotatable bonds is 6. The average Bonchev–Trinajstić information content (AvgIpc) is 3.34. The number of carbonyl (C=O) groups is 1. The van der Waals surface area contributed by atoms with Gasteiger partial charge in [0.1, 0.15) is 19.5 Å². The van der Waals surface area contributed by atoms with Gasteiger partial charge in [0, 0.05) is 30.5 Å². The second-order valence-electron chi connectivity index (χ2n) is 5.92. The molecule has 0 saturated carbocycles. The number of anilines is 1. The van der Waals surface area contributed by atoms with Gasteiger partial charge in [0.25, 0.3) is 5.91 Å². The normalized spacial score (nSPS) is 13.2. The number of carbonyl (C=O) groups excluding carboxylic acids is 1. The molecule has 0 saturated heterocycles. The first-order chi connectivity index (χ1) is 13.2. The van der Waals surface area contributed by atoms with E-state index in [9.17, 15) is 4.79 Å². The molecule has 0 unspecified atom stereocenters. The summed E-state index contributed by atoms with van der Waals surface area (Å²) in [6.07, 6.45) is 7.50.